The van der Waals surface area contributed by atoms with E-state index in [9.17, 15) is 0 Å². The number of hydrogen-bond acceptors (Lipinski definition) is 5. The van der Waals surface area contributed by atoms with Crippen molar-refractivity contribution < 1.29 is 4.74 Å². The number of aromatic nitrogens is 4. The SMILES string of the molecule is CCn1c2ccccc2c2nnc(SC[C@H]3CCCCO3)nc21. The summed E-state index contributed by atoms with van der Waals surface area (Å²) in [6.07, 6.45) is 3.90. The molecule has 1 fully saturated rings. The number of thioether (sulfide) groups is 1. The summed E-state index contributed by atoms with van der Waals surface area (Å²) < 4.78 is 7.99. The van der Waals surface area contributed by atoms with Gasteiger partial charge in [-0.05, 0) is 32.3 Å². The van der Waals surface area contributed by atoms with Crippen molar-refractivity contribution in [3.63, 3.8) is 0 Å². The van der Waals surface area contributed by atoms with Gasteiger partial charge < -0.3 is 9.30 Å². The first kappa shape index (κ1) is 14.9. The first-order chi connectivity index (χ1) is 11.4. The van der Waals surface area contributed by atoms with Crippen LogP contribution in [0, 0.1) is 0 Å². The normalized spacial score (nSPS) is 18.7. The second-order valence-corrected chi connectivity index (χ2v) is 6.81. The van der Waals surface area contributed by atoms with E-state index < -0.39 is 0 Å². The zero-order valence-corrected chi connectivity index (χ0v) is 14.1. The monoisotopic (exact) mass is 328 g/mol. The molecule has 0 N–H and O–H groups in total. The third-order valence-electron chi connectivity index (χ3n) is 4.34. The number of ether oxygens (including phenoxy) is 1. The van der Waals surface area contributed by atoms with E-state index in [0.717, 1.165) is 47.0 Å². The Kier molecular flexibility index (Phi) is 4.18. The fourth-order valence-corrected chi connectivity index (χ4v) is 4.02. The van der Waals surface area contributed by atoms with E-state index in [1.165, 1.54) is 18.4 Å². The van der Waals surface area contributed by atoms with Crippen LogP contribution in [0.1, 0.15) is 26.2 Å². The van der Waals surface area contributed by atoms with E-state index in [2.05, 4.69) is 39.9 Å². The van der Waals surface area contributed by atoms with Gasteiger partial charge in [0, 0.05) is 24.3 Å². The van der Waals surface area contributed by atoms with Gasteiger partial charge >= 0.3 is 0 Å². The van der Waals surface area contributed by atoms with Crippen molar-refractivity contribution in [3.05, 3.63) is 24.3 Å². The van der Waals surface area contributed by atoms with E-state index in [-0.39, 0.29) is 0 Å². The fraction of sp³-hybridized carbons (Fsp3) is 0.471. The van der Waals surface area contributed by atoms with Crippen LogP contribution in [-0.2, 0) is 11.3 Å². The number of para-hydroxylation sites is 1. The summed E-state index contributed by atoms with van der Waals surface area (Å²) in [5.74, 6) is 0.902. The van der Waals surface area contributed by atoms with E-state index in [1.807, 2.05) is 6.07 Å². The molecule has 0 spiro atoms. The molecule has 0 aliphatic carbocycles. The van der Waals surface area contributed by atoms with E-state index >= 15 is 0 Å². The van der Waals surface area contributed by atoms with E-state index in [1.54, 1.807) is 11.8 Å². The van der Waals surface area contributed by atoms with Crippen LogP contribution in [0.5, 0.6) is 0 Å². The highest BCUT2D eigenvalue weighted by Crippen LogP contribution is 2.27. The summed E-state index contributed by atoms with van der Waals surface area (Å²) in [6, 6.07) is 8.29. The molecule has 23 heavy (non-hydrogen) atoms. The number of hydrogen-bond donors (Lipinski definition) is 0. The molecule has 3 heterocycles. The van der Waals surface area contributed by atoms with Gasteiger partial charge in [-0.3, -0.25) is 0 Å². The highest BCUT2D eigenvalue weighted by atomic mass is 32.2. The zero-order chi connectivity index (χ0) is 15.6. The third kappa shape index (κ3) is 2.81. The minimum absolute atomic E-state index is 0.324. The molecule has 4 rings (SSSR count). The molecule has 1 aliphatic rings. The van der Waals surface area contributed by atoms with Gasteiger partial charge in [-0.2, -0.15) is 0 Å². The molecule has 3 aromatic rings. The summed E-state index contributed by atoms with van der Waals surface area (Å²) in [5, 5.41) is 10.6. The highest BCUT2D eigenvalue weighted by Gasteiger charge is 2.17. The Balaban J connectivity index is 1.65. The maximum Gasteiger partial charge on any atom is 0.211 e. The van der Waals surface area contributed by atoms with Crippen molar-refractivity contribution in [2.75, 3.05) is 12.4 Å². The lowest BCUT2D eigenvalue weighted by Gasteiger charge is -2.21. The fourth-order valence-electron chi connectivity index (χ4n) is 3.18. The third-order valence-corrected chi connectivity index (χ3v) is 5.31. The maximum atomic E-state index is 5.78. The van der Waals surface area contributed by atoms with E-state index in [4.69, 9.17) is 9.72 Å². The van der Waals surface area contributed by atoms with Gasteiger partial charge in [-0.15, -0.1) is 10.2 Å². The van der Waals surface area contributed by atoms with Crippen LogP contribution in [0.2, 0.25) is 0 Å². The molecule has 120 valence electrons. The van der Waals surface area contributed by atoms with Crippen molar-refractivity contribution in [1.29, 1.82) is 0 Å². The Morgan fingerprint density at radius 2 is 2.17 bits per heavy atom. The standard InChI is InChI=1S/C17H20N4OS/c1-2-21-14-9-4-3-8-13(14)15-16(21)18-17(20-19-15)23-11-12-7-5-6-10-22-12/h3-4,8-9,12H,2,5-7,10-11H2,1H3/t12-/m1/s1. The van der Waals surface area contributed by atoms with Gasteiger partial charge in [0.15, 0.2) is 5.65 Å². The summed E-state index contributed by atoms with van der Waals surface area (Å²) >= 11 is 1.65. The Labute approximate surface area is 139 Å². The molecule has 1 atom stereocenters. The molecule has 1 saturated heterocycles. The minimum atomic E-state index is 0.324. The van der Waals surface area contributed by atoms with Gasteiger partial charge in [-0.1, -0.05) is 30.0 Å². The molecule has 0 unspecified atom stereocenters. The first-order valence-electron chi connectivity index (χ1n) is 8.23. The van der Waals surface area contributed by atoms with Crippen molar-refractivity contribution >= 4 is 33.8 Å². The lowest BCUT2D eigenvalue weighted by molar-refractivity contribution is 0.0315. The number of aryl methyl sites for hydroxylation is 1. The van der Waals surface area contributed by atoms with Crippen molar-refractivity contribution in [3.8, 4) is 0 Å². The average Bonchev–Trinajstić information content (AvgIpc) is 2.94. The minimum Gasteiger partial charge on any atom is -0.377 e. The van der Waals surface area contributed by atoms with Crippen LogP contribution in [0.25, 0.3) is 22.1 Å². The maximum absolute atomic E-state index is 5.78. The molecule has 1 aliphatic heterocycles. The van der Waals surface area contributed by atoms with Gasteiger partial charge in [0.25, 0.3) is 0 Å². The molecular formula is C17H20N4OS. The van der Waals surface area contributed by atoms with Crippen molar-refractivity contribution in [2.24, 2.45) is 0 Å². The predicted octanol–water partition coefficient (Wildman–Crippen LogP) is 3.66. The number of nitrogens with zero attached hydrogens (tertiary/aromatic N) is 4. The summed E-state index contributed by atoms with van der Waals surface area (Å²) in [4.78, 5) is 4.76. The molecule has 0 amide bonds. The Hall–Kier alpha value is -1.66. The summed E-state index contributed by atoms with van der Waals surface area (Å²) in [6.45, 7) is 3.89. The number of rotatable bonds is 4. The van der Waals surface area contributed by atoms with E-state index in [0.29, 0.717) is 6.10 Å². The van der Waals surface area contributed by atoms with Crippen LogP contribution < -0.4 is 0 Å². The molecule has 1 aromatic carbocycles. The molecular weight excluding hydrogens is 308 g/mol. The topological polar surface area (TPSA) is 52.8 Å². The second kappa shape index (κ2) is 6.45. The molecule has 0 saturated carbocycles. The lowest BCUT2D eigenvalue weighted by atomic mass is 10.1. The largest absolute Gasteiger partial charge is 0.377 e. The van der Waals surface area contributed by atoms with Gasteiger partial charge in [0.05, 0.1) is 11.6 Å². The van der Waals surface area contributed by atoms with Gasteiger partial charge in [0.2, 0.25) is 5.16 Å². The molecule has 0 bridgehead atoms. The predicted molar refractivity (Wildman–Crippen MR) is 92.8 cm³/mol. The van der Waals surface area contributed by atoms with Crippen LogP contribution in [-0.4, -0.2) is 38.2 Å². The highest BCUT2D eigenvalue weighted by molar-refractivity contribution is 7.99. The Morgan fingerprint density at radius 1 is 1.26 bits per heavy atom. The summed E-state index contributed by atoms with van der Waals surface area (Å²) in [7, 11) is 0. The number of fused-ring (bicyclic) bond motifs is 3. The quantitative estimate of drug-likeness (QED) is 0.684. The van der Waals surface area contributed by atoms with Crippen LogP contribution in [0.15, 0.2) is 29.4 Å². The number of benzene rings is 1. The Bertz CT molecular complexity index is 826. The molecule has 0 radical (unpaired) electrons. The van der Waals surface area contributed by atoms with Crippen molar-refractivity contribution in [1.82, 2.24) is 19.7 Å². The zero-order valence-electron chi connectivity index (χ0n) is 13.2. The smallest absolute Gasteiger partial charge is 0.211 e. The molecule has 6 heteroatoms. The lowest BCUT2D eigenvalue weighted by Crippen LogP contribution is -2.21. The van der Waals surface area contributed by atoms with Crippen molar-refractivity contribution in [2.45, 2.75) is 44.0 Å². The van der Waals surface area contributed by atoms with Crippen LogP contribution in [0.3, 0.4) is 0 Å². The van der Waals surface area contributed by atoms with Gasteiger partial charge in [-0.25, -0.2) is 4.98 Å². The van der Waals surface area contributed by atoms with Crippen LogP contribution in [0.4, 0.5) is 0 Å². The van der Waals surface area contributed by atoms with Crippen LogP contribution >= 0.6 is 11.8 Å². The first-order valence-corrected chi connectivity index (χ1v) is 9.21. The summed E-state index contributed by atoms with van der Waals surface area (Å²) in [5.41, 5.74) is 2.99. The average molecular weight is 328 g/mol. The second-order valence-electron chi connectivity index (χ2n) is 5.83. The molecule has 2 aromatic heterocycles. The van der Waals surface area contributed by atoms with Gasteiger partial charge in [0.1, 0.15) is 5.52 Å². The Morgan fingerprint density at radius 3 is 3.00 bits per heavy atom. The molecule has 5 nitrogen and oxygen atoms in total.